The van der Waals surface area contributed by atoms with Gasteiger partial charge in [0.05, 0.1) is 5.75 Å². The first-order chi connectivity index (χ1) is 9.70. The SMILES string of the molecule is NC(Cc1nc(CSc2cccc(Cl)c2)no1)C1CC1. The maximum atomic E-state index is 6.05. The lowest BCUT2D eigenvalue weighted by atomic mass is 10.1. The molecule has 1 aromatic heterocycles. The minimum atomic E-state index is 0.156. The molecule has 0 radical (unpaired) electrons. The predicted molar refractivity (Wildman–Crippen MR) is 79.7 cm³/mol. The summed E-state index contributed by atoms with van der Waals surface area (Å²) in [4.78, 5) is 5.48. The molecule has 2 aromatic rings. The highest BCUT2D eigenvalue weighted by Gasteiger charge is 2.29. The number of aromatic nitrogens is 2. The van der Waals surface area contributed by atoms with Crippen LogP contribution in [0.2, 0.25) is 5.02 Å². The number of benzene rings is 1. The summed E-state index contributed by atoms with van der Waals surface area (Å²) < 4.78 is 5.24. The van der Waals surface area contributed by atoms with Crippen LogP contribution < -0.4 is 5.73 Å². The molecule has 2 N–H and O–H groups in total. The average Bonchev–Trinajstić information content (AvgIpc) is 3.19. The first-order valence-electron chi connectivity index (χ1n) is 6.66. The summed E-state index contributed by atoms with van der Waals surface area (Å²) in [7, 11) is 0. The Kier molecular flexibility index (Phi) is 4.29. The van der Waals surface area contributed by atoms with Gasteiger partial charge in [-0.05, 0) is 37.0 Å². The molecule has 3 rings (SSSR count). The van der Waals surface area contributed by atoms with Gasteiger partial charge in [0.15, 0.2) is 5.82 Å². The number of hydrogen-bond donors (Lipinski definition) is 1. The molecule has 0 bridgehead atoms. The summed E-state index contributed by atoms with van der Waals surface area (Å²) in [6.45, 7) is 0. The van der Waals surface area contributed by atoms with E-state index in [1.807, 2.05) is 24.3 Å². The summed E-state index contributed by atoms with van der Waals surface area (Å²) in [6.07, 6.45) is 3.14. The fourth-order valence-corrected chi connectivity index (χ4v) is 3.08. The minimum absolute atomic E-state index is 0.156. The molecule has 1 atom stereocenters. The van der Waals surface area contributed by atoms with Crippen molar-refractivity contribution in [3.05, 3.63) is 41.0 Å². The Hall–Kier alpha value is -1.04. The molecule has 1 fully saturated rings. The first-order valence-corrected chi connectivity index (χ1v) is 8.02. The second kappa shape index (κ2) is 6.16. The summed E-state index contributed by atoms with van der Waals surface area (Å²) >= 11 is 7.58. The molecule has 1 aliphatic carbocycles. The molecule has 20 heavy (non-hydrogen) atoms. The lowest BCUT2D eigenvalue weighted by Gasteiger charge is -2.04. The van der Waals surface area contributed by atoms with Crippen LogP contribution in [0.4, 0.5) is 0 Å². The van der Waals surface area contributed by atoms with E-state index >= 15 is 0 Å². The van der Waals surface area contributed by atoms with Gasteiger partial charge in [0.1, 0.15) is 0 Å². The summed E-state index contributed by atoms with van der Waals surface area (Å²) in [6, 6.07) is 7.89. The number of rotatable bonds is 6. The Balaban J connectivity index is 1.54. The van der Waals surface area contributed by atoms with Crippen LogP contribution in [0.3, 0.4) is 0 Å². The number of hydrogen-bond acceptors (Lipinski definition) is 5. The van der Waals surface area contributed by atoms with Crippen molar-refractivity contribution in [1.82, 2.24) is 10.1 Å². The highest BCUT2D eigenvalue weighted by atomic mass is 35.5. The lowest BCUT2D eigenvalue weighted by Crippen LogP contribution is -2.25. The van der Waals surface area contributed by atoms with E-state index in [2.05, 4.69) is 10.1 Å². The molecule has 1 heterocycles. The van der Waals surface area contributed by atoms with Crippen molar-refractivity contribution in [2.24, 2.45) is 11.7 Å². The monoisotopic (exact) mass is 309 g/mol. The third kappa shape index (κ3) is 3.75. The summed E-state index contributed by atoms with van der Waals surface area (Å²) in [5.74, 6) is 2.66. The molecule has 0 spiro atoms. The van der Waals surface area contributed by atoms with Crippen LogP contribution in [0.25, 0.3) is 0 Å². The Morgan fingerprint density at radius 3 is 3.05 bits per heavy atom. The van der Waals surface area contributed by atoms with E-state index in [0.717, 1.165) is 9.92 Å². The topological polar surface area (TPSA) is 64.9 Å². The number of thioether (sulfide) groups is 1. The van der Waals surface area contributed by atoms with Crippen molar-refractivity contribution in [1.29, 1.82) is 0 Å². The number of halogens is 1. The van der Waals surface area contributed by atoms with Crippen LogP contribution in [0.5, 0.6) is 0 Å². The zero-order valence-electron chi connectivity index (χ0n) is 11.0. The van der Waals surface area contributed by atoms with Gasteiger partial charge in [0, 0.05) is 22.4 Å². The van der Waals surface area contributed by atoms with Crippen molar-refractivity contribution in [2.45, 2.75) is 36.0 Å². The fourth-order valence-electron chi connectivity index (χ4n) is 2.03. The van der Waals surface area contributed by atoms with Gasteiger partial charge < -0.3 is 10.3 Å². The van der Waals surface area contributed by atoms with Crippen molar-refractivity contribution in [3.8, 4) is 0 Å². The van der Waals surface area contributed by atoms with Crippen LogP contribution in [0.1, 0.15) is 24.6 Å². The average molecular weight is 310 g/mol. The van der Waals surface area contributed by atoms with E-state index in [0.29, 0.717) is 29.8 Å². The summed E-state index contributed by atoms with van der Waals surface area (Å²) in [5, 5.41) is 4.73. The minimum Gasteiger partial charge on any atom is -0.339 e. The van der Waals surface area contributed by atoms with Gasteiger partial charge in [-0.1, -0.05) is 22.8 Å². The van der Waals surface area contributed by atoms with Crippen LogP contribution >= 0.6 is 23.4 Å². The van der Waals surface area contributed by atoms with E-state index in [1.54, 1.807) is 11.8 Å². The number of nitrogens with two attached hydrogens (primary N) is 1. The molecule has 6 heteroatoms. The Bertz CT molecular complexity index is 585. The largest absolute Gasteiger partial charge is 0.339 e. The Morgan fingerprint density at radius 1 is 1.45 bits per heavy atom. The van der Waals surface area contributed by atoms with Crippen molar-refractivity contribution in [2.75, 3.05) is 0 Å². The lowest BCUT2D eigenvalue weighted by molar-refractivity contribution is 0.360. The quantitative estimate of drug-likeness (QED) is 0.829. The Labute approximate surface area is 127 Å². The zero-order chi connectivity index (χ0) is 13.9. The predicted octanol–water partition coefficient (Wildman–Crippen LogP) is 3.30. The van der Waals surface area contributed by atoms with Gasteiger partial charge in [-0.3, -0.25) is 0 Å². The maximum absolute atomic E-state index is 6.05. The molecule has 0 saturated heterocycles. The molecule has 1 aromatic carbocycles. The second-order valence-electron chi connectivity index (χ2n) is 5.06. The summed E-state index contributed by atoms with van der Waals surface area (Å²) in [5.41, 5.74) is 6.05. The van der Waals surface area contributed by atoms with Gasteiger partial charge in [-0.2, -0.15) is 4.98 Å². The van der Waals surface area contributed by atoms with Crippen LogP contribution in [-0.4, -0.2) is 16.2 Å². The van der Waals surface area contributed by atoms with Gasteiger partial charge in [-0.15, -0.1) is 11.8 Å². The maximum Gasteiger partial charge on any atom is 0.228 e. The van der Waals surface area contributed by atoms with E-state index in [9.17, 15) is 0 Å². The second-order valence-corrected chi connectivity index (χ2v) is 6.54. The van der Waals surface area contributed by atoms with Crippen LogP contribution in [0.15, 0.2) is 33.7 Å². The third-order valence-electron chi connectivity index (χ3n) is 3.31. The van der Waals surface area contributed by atoms with Gasteiger partial charge >= 0.3 is 0 Å². The van der Waals surface area contributed by atoms with E-state index < -0.39 is 0 Å². The van der Waals surface area contributed by atoms with E-state index in [4.69, 9.17) is 21.9 Å². The van der Waals surface area contributed by atoms with Crippen LogP contribution in [0, 0.1) is 5.92 Å². The van der Waals surface area contributed by atoms with E-state index in [1.165, 1.54) is 12.8 Å². The fraction of sp³-hybridized carbons (Fsp3) is 0.429. The van der Waals surface area contributed by atoms with Crippen molar-refractivity contribution in [3.63, 3.8) is 0 Å². The van der Waals surface area contributed by atoms with Crippen molar-refractivity contribution >= 4 is 23.4 Å². The smallest absolute Gasteiger partial charge is 0.228 e. The Morgan fingerprint density at radius 2 is 2.30 bits per heavy atom. The molecule has 1 saturated carbocycles. The number of nitrogens with zero attached hydrogens (tertiary/aromatic N) is 2. The molecule has 0 aliphatic heterocycles. The van der Waals surface area contributed by atoms with Crippen LogP contribution in [-0.2, 0) is 12.2 Å². The molecule has 4 nitrogen and oxygen atoms in total. The normalized spacial score (nSPS) is 16.3. The zero-order valence-corrected chi connectivity index (χ0v) is 12.5. The van der Waals surface area contributed by atoms with Crippen molar-refractivity contribution < 1.29 is 4.52 Å². The highest BCUT2D eigenvalue weighted by Crippen LogP contribution is 2.32. The molecule has 1 unspecified atom stereocenters. The highest BCUT2D eigenvalue weighted by molar-refractivity contribution is 7.98. The first kappa shape index (κ1) is 13.9. The standard InChI is InChI=1S/C14H16ClN3OS/c15-10-2-1-3-11(6-10)20-8-13-17-14(19-18-13)7-12(16)9-4-5-9/h1-3,6,9,12H,4-5,7-8,16H2. The molecule has 0 amide bonds. The molecule has 1 aliphatic rings. The molecule has 106 valence electrons. The van der Waals surface area contributed by atoms with Gasteiger partial charge in [0.2, 0.25) is 5.89 Å². The van der Waals surface area contributed by atoms with Gasteiger partial charge in [-0.25, -0.2) is 0 Å². The molecular weight excluding hydrogens is 294 g/mol. The van der Waals surface area contributed by atoms with Gasteiger partial charge in [0.25, 0.3) is 0 Å². The third-order valence-corrected chi connectivity index (χ3v) is 4.54. The van der Waals surface area contributed by atoms with E-state index in [-0.39, 0.29) is 6.04 Å². The molecular formula is C14H16ClN3OS.